The molecule has 108 valence electrons. The zero-order chi connectivity index (χ0) is 14.7. The van der Waals surface area contributed by atoms with Crippen LogP contribution in [0.5, 0.6) is 0 Å². The molecule has 2 aromatic rings. The van der Waals surface area contributed by atoms with Crippen molar-refractivity contribution in [1.29, 1.82) is 0 Å². The van der Waals surface area contributed by atoms with Gasteiger partial charge in [0.05, 0.1) is 18.3 Å². The van der Waals surface area contributed by atoms with E-state index in [9.17, 15) is 9.18 Å². The highest BCUT2D eigenvalue weighted by molar-refractivity contribution is 5.94. The Morgan fingerprint density at radius 2 is 1.86 bits per heavy atom. The van der Waals surface area contributed by atoms with Crippen LogP contribution in [0, 0.1) is 5.82 Å². The summed E-state index contributed by atoms with van der Waals surface area (Å²) in [5, 5.41) is 2.74. The first kappa shape index (κ1) is 13.8. The van der Waals surface area contributed by atoms with E-state index >= 15 is 0 Å². The molecule has 0 radical (unpaired) electrons. The molecule has 4 heteroatoms. The highest BCUT2D eigenvalue weighted by Crippen LogP contribution is 2.19. The first-order valence-electron chi connectivity index (χ1n) is 6.95. The molecule has 1 aliphatic heterocycles. The summed E-state index contributed by atoms with van der Waals surface area (Å²) < 4.78 is 19.2. The summed E-state index contributed by atoms with van der Waals surface area (Å²) in [6.45, 7) is 0.928. The summed E-state index contributed by atoms with van der Waals surface area (Å²) in [6, 6.07) is 14.1. The minimum absolute atomic E-state index is 0.0636. The first-order chi connectivity index (χ1) is 10.2. The third-order valence-corrected chi connectivity index (χ3v) is 3.65. The van der Waals surface area contributed by atoms with E-state index in [-0.39, 0.29) is 11.7 Å². The van der Waals surface area contributed by atoms with Gasteiger partial charge in [-0.2, -0.15) is 0 Å². The number of halogens is 1. The van der Waals surface area contributed by atoms with Crippen LogP contribution in [0.2, 0.25) is 0 Å². The maximum absolute atomic E-state index is 13.5. The maximum Gasteiger partial charge on any atom is 0.254 e. The van der Waals surface area contributed by atoms with Gasteiger partial charge >= 0.3 is 0 Å². The van der Waals surface area contributed by atoms with Gasteiger partial charge in [0.25, 0.3) is 5.91 Å². The molecule has 1 unspecified atom stereocenters. The molecule has 1 aliphatic rings. The Morgan fingerprint density at radius 1 is 1.14 bits per heavy atom. The summed E-state index contributed by atoms with van der Waals surface area (Å²) in [6.07, 6.45) is 0.684. The predicted molar refractivity (Wildman–Crippen MR) is 77.5 cm³/mol. The molecule has 0 saturated heterocycles. The van der Waals surface area contributed by atoms with E-state index in [1.807, 2.05) is 18.2 Å². The van der Waals surface area contributed by atoms with Crippen LogP contribution in [-0.4, -0.2) is 18.6 Å². The molecular weight excluding hydrogens is 269 g/mol. The number of amides is 1. The topological polar surface area (TPSA) is 38.3 Å². The van der Waals surface area contributed by atoms with Crippen molar-refractivity contribution in [3.8, 4) is 0 Å². The van der Waals surface area contributed by atoms with Gasteiger partial charge in [0.15, 0.2) is 0 Å². The van der Waals surface area contributed by atoms with Gasteiger partial charge < -0.3 is 10.1 Å². The number of nitrogens with one attached hydrogen (secondary N) is 1. The molecule has 1 atom stereocenters. The Balaban J connectivity index is 1.59. The number of ether oxygens (including phenoxy) is 1. The highest BCUT2D eigenvalue weighted by Gasteiger charge is 2.20. The van der Waals surface area contributed by atoms with Gasteiger partial charge in [-0.1, -0.05) is 36.4 Å². The molecule has 0 fully saturated rings. The Hall–Kier alpha value is -2.20. The van der Waals surface area contributed by atoms with Crippen molar-refractivity contribution in [1.82, 2.24) is 5.32 Å². The van der Waals surface area contributed by atoms with Crippen molar-refractivity contribution >= 4 is 5.91 Å². The maximum atomic E-state index is 13.5. The lowest BCUT2D eigenvalue weighted by molar-refractivity contribution is 0.0284. The third kappa shape index (κ3) is 3.11. The fourth-order valence-corrected chi connectivity index (χ4v) is 2.49. The molecule has 0 saturated carbocycles. The zero-order valence-electron chi connectivity index (χ0n) is 11.5. The second kappa shape index (κ2) is 6.06. The van der Waals surface area contributed by atoms with E-state index in [0.29, 0.717) is 13.2 Å². The molecule has 1 N–H and O–H groups in total. The molecule has 21 heavy (non-hydrogen) atoms. The van der Waals surface area contributed by atoms with Gasteiger partial charge in [-0.25, -0.2) is 4.39 Å². The van der Waals surface area contributed by atoms with Gasteiger partial charge in [-0.3, -0.25) is 4.79 Å². The van der Waals surface area contributed by atoms with Crippen molar-refractivity contribution in [2.24, 2.45) is 0 Å². The largest absolute Gasteiger partial charge is 0.371 e. The average Bonchev–Trinajstić information content (AvgIpc) is 2.53. The molecule has 0 bridgehead atoms. The lowest BCUT2D eigenvalue weighted by Crippen LogP contribution is -2.37. The molecule has 3 nitrogen and oxygen atoms in total. The van der Waals surface area contributed by atoms with Crippen LogP contribution in [0.25, 0.3) is 0 Å². The van der Waals surface area contributed by atoms with Gasteiger partial charge in [0, 0.05) is 13.0 Å². The lowest BCUT2D eigenvalue weighted by atomic mass is 9.99. The number of carbonyl (C=O) groups excluding carboxylic acids is 1. The Morgan fingerprint density at radius 3 is 2.67 bits per heavy atom. The summed E-state index contributed by atoms with van der Waals surface area (Å²) >= 11 is 0. The minimum Gasteiger partial charge on any atom is -0.371 e. The second-order valence-electron chi connectivity index (χ2n) is 5.10. The number of hydrogen-bond donors (Lipinski definition) is 1. The fraction of sp³-hybridized carbons (Fsp3) is 0.235. The Labute approximate surface area is 122 Å². The quantitative estimate of drug-likeness (QED) is 0.941. The van der Waals surface area contributed by atoms with Crippen molar-refractivity contribution in [3.05, 3.63) is 71.0 Å². The van der Waals surface area contributed by atoms with Gasteiger partial charge in [-0.15, -0.1) is 0 Å². The van der Waals surface area contributed by atoms with Crippen LogP contribution in [0.15, 0.2) is 48.5 Å². The summed E-state index contributed by atoms with van der Waals surface area (Å²) in [5.41, 5.74) is 2.50. The number of benzene rings is 2. The number of fused-ring (bicyclic) bond motifs is 1. The number of rotatable bonds is 3. The number of hydrogen-bond acceptors (Lipinski definition) is 2. The van der Waals surface area contributed by atoms with E-state index < -0.39 is 11.7 Å². The van der Waals surface area contributed by atoms with Crippen molar-refractivity contribution in [2.75, 3.05) is 6.54 Å². The normalized spacial score (nSPS) is 17.1. The average molecular weight is 285 g/mol. The molecule has 3 rings (SSSR count). The van der Waals surface area contributed by atoms with E-state index in [0.717, 1.165) is 6.42 Å². The molecule has 0 spiro atoms. The standard InChI is InChI=1S/C17H16FNO2/c18-16-8-4-3-7-15(16)17(20)19-10-14-9-12-5-1-2-6-13(12)11-21-14/h1-8,14H,9-11H2,(H,19,20). The minimum atomic E-state index is -0.509. The Bertz CT molecular complexity index is 657. The van der Waals surface area contributed by atoms with Crippen LogP contribution in [0.4, 0.5) is 4.39 Å². The zero-order valence-corrected chi connectivity index (χ0v) is 11.5. The monoisotopic (exact) mass is 285 g/mol. The second-order valence-corrected chi connectivity index (χ2v) is 5.10. The smallest absolute Gasteiger partial charge is 0.254 e. The van der Waals surface area contributed by atoms with Gasteiger partial charge in [0.2, 0.25) is 0 Å². The van der Waals surface area contributed by atoms with Crippen molar-refractivity contribution in [2.45, 2.75) is 19.1 Å². The summed E-state index contributed by atoms with van der Waals surface area (Å²) in [7, 11) is 0. The number of carbonyl (C=O) groups is 1. The van der Waals surface area contributed by atoms with Crippen LogP contribution in [-0.2, 0) is 17.8 Å². The van der Waals surface area contributed by atoms with E-state index in [1.165, 1.54) is 23.3 Å². The van der Waals surface area contributed by atoms with Gasteiger partial charge in [-0.05, 0) is 23.3 Å². The van der Waals surface area contributed by atoms with Gasteiger partial charge in [0.1, 0.15) is 5.82 Å². The van der Waals surface area contributed by atoms with Crippen LogP contribution in [0.3, 0.4) is 0 Å². The Kier molecular flexibility index (Phi) is 3.97. The van der Waals surface area contributed by atoms with Crippen LogP contribution in [0.1, 0.15) is 21.5 Å². The first-order valence-corrected chi connectivity index (χ1v) is 6.95. The molecule has 0 aliphatic carbocycles. The van der Waals surface area contributed by atoms with Crippen LogP contribution < -0.4 is 5.32 Å². The lowest BCUT2D eigenvalue weighted by Gasteiger charge is -2.25. The van der Waals surface area contributed by atoms with Crippen molar-refractivity contribution < 1.29 is 13.9 Å². The van der Waals surface area contributed by atoms with E-state index in [4.69, 9.17) is 4.74 Å². The fourth-order valence-electron chi connectivity index (χ4n) is 2.49. The predicted octanol–water partition coefficient (Wildman–Crippen LogP) is 2.70. The molecule has 2 aromatic carbocycles. The SMILES string of the molecule is O=C(NCC1Cc2ccccc2CO1)c1ccccc1F. The van der Waals surface area contributed by atoms with Crippen LogP contribution >= 0.6 is 0 Å². The van der Waals surface area contributed by atoms with E-state index in [2.05, 4.69) is 11.4 Å². The highest BCUT2D eigenvalue weighted by atomic mass is 19.1. The third-order valence-electron chi connectivity index (χ3n) is 3.65. The molecule has 1 amide bonds. The molecule has 0 aromatic heterocycles. The molecular formula is C17H16FNO2. The summed E-state index contributed by atoms with van der Waals surface area (Å²) in [5.74, 6) is -0.916. The van der Waals surface area contributed by atoms with Crippen molar-refractivity contribution in [3.63, 3.8) is 0 Å². The summed E-state index contributed by atoms with van der Waals surface area (Å²) in [4.78, 5) is 11.9. The van der Waals surface area contributed by atoms with E-state index in [1.54, 1.807) is 12.1 Å². The molecule has 1 heterocycles.